The van der Waals surface area contributed by atoms with E-state index in [4.69, 9.17) is 0 Å². The third kappa shape index (κ3) is 3.92. The first-order valence-corrected chi connectivity index (χ1v) is 8.52. The highest BCUT2D eigenvalue weighted by Gasteiger charge is 2.20. The SMILES string of the molecule is CCc1ccccc1S(=O)(=O)N[C@@H](C)Cc1cc(C)[nH]n1. The van der Waals surface area contributed by atoms with Gasteiger partial charge < -0.3 is 0 Å². The third-order valence-electron chi connectivity index (χ3n) is 3.27. The Labute approximate surface area is 125 Å². The smallest absolute Gasteiger partial charge is 0.241 e. The van der Waals surface area contributed by atoms with Crippen molar-refractivity contribution < 1.29 is 8.42 Å². The van der Waals surface area contributed by atoms with Crippen LogP contribution in [0, 0.1) is 6.92 Å². The Morgan fingerprint density at radius 1 is 1.33 bits per heavy atom. The number of sulfonamides is 1. The van der Waals surface area contributed by atoms with E-state index in [-0.39, 0.29) is 6.04 Å². The van der Waals surface area contributed by atoms with Crippen LogP contribution in [0.1, 0.15) is 30.8 Å². The van der Waals surface area contributed by atoms with Gasteiger partial charge in [0.25, 0.3) is 0 Å². The Balaban J connectivity index is 2.13. The molecule has 6 heteroatoms. The summed E-state index contributed by atoms with van der Waals surface area (Å²) in [4.78, 5) is 0.359. The van der Waals surface area contributed by atoms with Crippen LogP contribution in [0.15, 0.2) is 35.2 Å². The number of rotatable bonds is 6. The van der Waals surface area contributed by atoms with Crippen LogP contribution in [0.2, 0.25) is 0 Å². The van der Waals surface area contributed by atoms with Crippen molar-refractivity contribution in [1.29, 1.82) is 0 Å². The van der Waals surface area contributed by atoms with E-state index in [0.717, 1.165) is 17.0 Å². The molecule has 114 valence electrons. The van der Waals surface area contributed by atoms with Crippen molar-refractivity contribution in [2.45, 2.75) is 44.6 Å². The number of hydrogen-bond donors (Lipinski definition) is 2. The van der Waals surface area contributed by atoms with E-state index in [1.165, 1.54) is 0 Å². The van der Waals surface area contributed by atoms with E-state index in [9.17, 15) is 8.42 Å². The summed E-state index contributed by atoms with van der Waals surface area (Å²) in [5.41, 5.74) is 2.65. The molecule has 0 aliphatic heterocycles. The molecular weight excluding hydrogens is 286 g/mol. The fraction of sp³-hybridized carbons (Fsp3) is 0.400. The highest BCUT2D eigenvalue weighted by Crippen LogP contribution is 2.16. The maximum absolute atomic E-state index is 12.5. The van der Waals surface area contributed by atoms with Crippen LogP contribution in [0.5, 0.6) is 0 Å². The number of aromatic nitrogens is 2. The van der Waals surface area contributed by atoms with E-state index in [2.05, 4.69) is 14.9 Å². The number of nitrogens with zero attached hydrogens (tertiary/aromatic N) is 1. The minimum Gasteiger partial charge on any atom is -0.283 e. The van der Waals surface area contributed by atoms with Crippen molar-refractivity contribution >= 4 is 10.0 Å². The van der Waals surface area contributed by atoms with Gasteiger partial charge in [-0.3, -0.25) is 5.10 Å². The van der Waals surface area contributed by atoms with Gasteiger partial charge in [0.05, 0.1) is 10.6 Å². The number of nitrogens with one attached hydrogen (secondary N) is 2. The van der Waals surface area contributed by atoms with Gasteiger partial charge in [0.1, 0.15) is 0 Å². The number of hydrogen-bond acceptors (Lipinski definition) is 3. The lowest BCUT2D eigenvalue weighted by Crippen LogP contribution is -2.34. The Morgan fingerprint density at radius 2 is 2.05 bits per heavy atom. The van der Waals surface area contributed by atoms with Crippen molar-refractivity contribution in [1.82, 2.24) is 14.9 Å². The average Bonchev–Trinajstić information content (AvgIpc) is 2.83. The van der Waals surface area contributed by atoms with Crippen molar-refractivity contribution in [2.75, 3.05) is 0 Å². The summed E-state index contributed by atoms with van der Waals surface area (Å²) < 4.78 is 27.7. The molecule has 0 saturated carbocycles. The molecule has 0 aliphatic carbocycles. The summed E-state index contributed by atoms with van der Waals surface area (Å²) in [5.74, 6) is 0. The van der Waals surface area contributed by atoms with E-state index >= 15 is 0 Å². The second-order valence-electron chi connectivity index (χ2n) is 5.23. The molecule has 1 aromatic carbocycles. The monoisotopic (exact) mass is 307 g/mol. The molecule has 0 bridgehead atoms. The summed E-state index contributed by atoms with van der Waals surface area (Å²) in [6.45, 7) is 5.71. The predicted octanol–water partition coefficient (Wildman–Crippen LogP) is 2.19. The standard InChI is InChI=1S/C15H21N3O2S/c1-4-13-7-5-6-8-15(13)21(19,20)18-12(3)10-14-9-11(2)16-17-14/h5-9,12,18H,4,10H2,1-3H3,(H,16,17)/t12-/m0/s1. The molecule has 0 unspecified atom stereocenters. The summed E-state index contributed by atoms with van der Waals surface area (Å²) in [7, 11) is -3.50. The van der Waals surface area contributed by atoms with Crippen molar-refractivity contribution in [2.24, 2.45) is 0 Å². The van der Waals surface area contributed by atoms with Crippen LogP contribution in [-0.2, 0) is 22.9 Å². The molecule has 0 spiro atoms. The minimum absolute atomic E-state index is 0.220. The van der Waals surface area contributed by atoms with Crippen LogP contribution in [-0.4, -0.2) is 24.7 Å². The molecule has 1 aromatic heterocycles. The summed E-state index contributed by atoms with van der Waals surface area (Å²) in [6.07, 6.45) is 1.24. The second kappa shape index (κ2) is 6.41. The fourth-order valence-corrected chi connectivity index (χ4v) is 3.88. The van der Waals surface area contributed by atoms with Crippen molar-refractivity contribution in [3.05, 3.63) is 47.3 Å². The molecule has 1 heterocycles. The van der Waals surface area contributed by atoms with Gasteiger partial charge >= 0.3 is 0 Å². The van der Waals surface area contributed by atoms with Crippen LogP contribution >= 0.6 is 0 Å². The summed E-state index contributed by atoms with van der Waals surface area (Å²) in [6, 6.07) is 8.79. The maximum Gasteiger partial charge on any atom is 0.241 e. The average molecular weight is 307 g/mol. The van der Waals surface area contributed by atoms with Gasteiger partial charge in [0, 0.05) is 18.2 Å². The van der Waals surface area contributed by atoms with Crippen LogP contribution in [0.25, 0.3) is 0 Å². The molecule has 1 atom stereocenters. The third-order valence-corrected chi connectivity index (χ3v) is 4.96. The number of benzene rings is 1. The highest BCUT2D eigenvalue weighted by atomic mass is 32.2. The number of aromatic amines is 1. The molecule has 0 radical (unpaired) electrons. The molecule has 21 heavy (non-hydrogen) atoms. The first-order valence-electron chi connectivity index (χ1n) is 7.03. The molecule has 5 nitrogen and oxygen atoms in total. The van der Waals surface area contributed by atoms with Crippen molar-refractivity contribution in [3.63, 3.8) is 0 Å². The van der Waals surface area contributed by atoms with Crippen LogP contribution < -0.4 is 4.72 Å². The van der Waals surface area contributed by atoms with Crippen LogP contribution in [0.4, 0.5) is 0 Å². The Bertz CT molecular complexity index is 707. The normalized spacial score (nSPS) is 13.3. The largest absolute Gasteiger partial charge is 0.283 e. The number of H-pyrrole nitrogens is 1. The Kier molecular flexibility index (Phi) is 4.80. The van der Waals surface area contributed by atoms with E-state index in [0.29, 0.717) is 17.7 Å². The zero-order chi connectivity index (χ0) is 15.5. The molecule has 0 fully saturated rings. The zero-order valence-electron chi connectivity index (χ0n) is 12.6. The van der Waals surface area contributed by atoms with E-state index in [1.807, 2.05) is 39.0 Å². The molecule has 2 N–H and O–H groups in total. The Morgan fingerprint density at radius 3 is 2.67 bits per heavy atom. The fourth-order valence-electron chi connectivity index (χ4n) is 2.32. The molecule has 0 aliphatic rings. The molecule has 2 rings (SSSR count). The van der Waals surface area contributed by atoms with Gasteiger partial charge in [-0.05, 0) is 38.0 Å². The lowest BCUT2D eigenvalue weighted by atomic mass is 10.2. The van der Waals surface area contributed by atoms with E-state index < -0.39 is 10.0 Å². The molecule has 0 amide bonds. The quantitative estimate of drug-likeness (QED) is 0.859. The first-order chi connectivity index (χ1) is 9.92. The van der Waals surface area contributed by atoms with Gasteiger partial charge in [0.15, 0.2) is 0 Å². The van der Waals surface area contributed by atoms with Crippen molar-refractivity contribution in [3.8, 4) is 0 Å². The van der Waals surface area contributed by atoms with Gasteiger partial charge in [0.2, 0.25) is 10.0 Å². The Hall–Kier alpha value is -1.66. The van der Waals surface area contributed by atoms with E-state index in [1.54, 1.807) is 12.1 Å². The van der Waals surface area contributed by atoms with Gasteiger partial charge in [-0.15, -0.1) is 0 Å². The highest BCUT2D eigenvalue weighted by molar-refractivity contribution is 7.89. The van der Waals surface area contributed by atoms with Gasteiger partial charge in [-0.1, -0.05) is 25.1 Å². The second-order valence-corrected chi connectivity index (χ2v) is 6.91. The first kappa shape index (κ1) is 15.7. The molecule has 0 saturated heterocycles. The number of aryl methyl sites for hydroxylation is 2. The maximum atomic E-state index is 12.5. The lowest BCUT2D eigenvalue weighted by Gasteiger charge is -2.15. The summed E-state index contributed by atoms with van der Waals surface area (Å²) in [5, 5.41) is 6.99. The summed E-state index contributed by atoms with van der Waals surface area (Å²) >= 11 is 0. The van der Waals surface area contributed by atoms with Crippen LogP contribution in [0.3, 0.4) is 0 Å². The lowest BCUT2D eigenvalue weighted by molar-refractivity contribution is 0.557. The predicted molar refractivity (Wildman–Crippen MR) is 82.6 cm³/mol. The van der Waals surface area contributed by atoms with Gasteiger partial charge in [-0.25, -0.2) is 13.1 Å². The topological polar surface area (TPSA) is 74.8 Å². The van der Waals surface area contributed by atoms with Gasteiger partial charge in [-0.2, -0.15) is 5.10 Å². The minimum atomic E-state index is -3.50. The zero-order valence-corrected chi connectivity index (χ0v) is 13.4. The molecular formula is C15H21N3O2S. The molecule has 2 aromatic rings.